The van der Waals surface area contributed by atoms with Gasteiger partial charge in [-0.05, 0) is 24.6 Å². The van der Waals surface area contributed by atoms with E-state index >= 15 is 0 Å². The maximum absolute atomic E-state index is 12.8. The summed E-state index contributed by atoms with van der Waals surface area (Å²) in [5, 5.41) is 5.18. The molecule has 0 saturated carbocycles. The average Bonchev–Trinajstić information content (AvgIpc) is 3.04. The van der Waals surface area contributed by atoms with Crippen molar-refractivity contribution in [3.05, 3.63) is 44.7 Å². The number of hydrogen-bond acceptors (Lipinski definition) is 6. The topological polar surface area (TPSA) is 73.8 Å². The van der Waals surface area contributed by atoms with Crippen LogP contribution < -0.4 is 5.56 Å². The van der Waals surface area contributed by atoms with Crippen molar-refractivity contribution >= 4 is 38.6 Å². The SMILES string of the molecule is CCCn1c(SCc2nc(CC)no2)nc2ccc(Br)cc2c1=O. The fourth-order valence-electron chi connectivity index (χ4n) is 2.32. The molecule has 126 valence electrons. The summed E-state index contributed by atoms with van der Waals surface area (Å²) in [6, 6.07) is 5.55. The lowest BCUT2D eigenvalue weighted by Gasteiger charge is -2.11. The van der Waals surface area contributed by atoms with Crippen molar-refractivity contribution in [3.63, 3.8) is 0 Å². The Bertz CT molecular complexity index is 922. The Morgan fingerprint density at radius 2 is 2.12 bits per heavy atom. The zero-order valence-corrected chi connectivity index (χ0v) is 15.9. The van der Waals surface area contributed by atoms with Gasteiger partial charge in [0.2, 0.25) is 5.89 Å². The van der Waals surface area contributed by atoms with E-state index < -0.39 is 0 Å². The Balaban J connectivity index is 1.97. The van der Waals surface area contributed by atoms with Gasteiger partial charge in [0.15, 0.2) is 11.0 Å². The normalized spacial score (nSPS) is 11.3. The van der Waals surface area contributed by atoms with E-state index in [9.17, 15) is 4.79 Å². The van der Waals surface area contributed by atoms with Gasteiger partial charge in [0.1, 0.15) is 0 Å². The van der Waals surface area contributed by atoms with Gasteiger partial charge in [-0.1, -0.05) is 46.7 Å². The van der Waals surface area contributed by atoms with Crippen LogP contribution in [-0.4, -0.2) is 19.7 Å². The van der Waals surface area contributed by atoms with Crippen LogP contribution in [0.4, 0.5) is 0 Å². The number of aryl methyl sites for hydroxylation is 1. The molecule has 0 amide bonds. The van der Waals surface area contributed by atoms with E-state index in [-0.39, 0.29) is 5.56 Å². The van der Waals surface area contributed by atoms with E-state index in [4.69, 9.17) is 4.52 Å². The van der Waals surface area contributed by atoms with Gasteiger partial charge < -0.3 is 4.52 Å². The summed E-state index contributed by atoms with van der Waals surface area (Å²) >= 11 is 4.85. The Labute approximate surface area is 151 Å². The molecule has 2 heterocycles. The maximum atomic E-state index is 12.8. The van der Waals surface area contributed by atoms with Crippen molar-refractivity contribution in [2.45, 2.75) is 44.1 Å². The van der Waals surface area contributed by atoms with Crippen LogP contribution in [-0.2, 0) is 18.7 Å². The third-order valence-electron chi connectivity index (χ3n) is 3.48. The highest BCUT2D eigenvalue weighted by molar-refractivity contribution is 9.10. The van der Waals surface area contributed by atoms with Crippen LogP contribution in [0.25, 0.3) is 10.9 Å². The molecule has 0 aliphatic carbocycles. The molecule has 0 radical (unpaired) electrons. The third kappa shape index (κ3) is 3.54. The Kier molecular flexibility index (Phi) is 5.35. The van der Waals surface area contributed by atoms with Gasteiger partial charge in [-0.25, -0.2) is 4.98 Å². The smallest absolute Gasteiger partial charge is 0.262 e. The van der Waals surface area contributed by atoms with Gasteiger partial charge in [0, 0.05) is 17.4 Å². The molecule has 24 heavy (non-hydrogen) atoms. The molecule has 0 spiro atoms. The van der Waals surface area contributed by atoms with Crippen LogP contribution >= 0.6 is 27.7 Å². The predicted octanol–water partition coefficient (Wildman–Crippen LogP) is 3.81. The van der Waals surface area contributed by atoms with E-state index in [0.29, 0.717) is 40.1 Å². The van der Waals surface area contributed by atoms with Crippen LogP contribution in [0.1, 0.15) is 32.0 Å². The highest BCUT2D eigenvalue weighted by atomic mass is 79.9. The lowest BCUT2D eigenvalue weighted by Crippen LogP contribution is -2.23. The molecule has 0 fully saturated rings. The van der Waals surface area contributed by atoms with Gasteiger partial charge in [-0.15, -0.1) is 0 Å². The molecule has 0 bridgehead atoms. The standard InChI is InChI=1S/C16H17BrN4O2S/c1-3-7-21-15(22)11-8-10(17)5-6-12(11)18-16(21)24-9-14-19-13(4-2)20-23-14/h5-6,8H,3-4,7,9H2,1-2H3. The van der Waals surface area contributed by atoms with Crippen molar-refractivity contribution in [1.29, 1.82) is 0 Å². The average molecular weight is 409 g/mol. The van der Waals surface area contributed by atoms with Gasteiger partial charge in [-0.3, -0.25) is 9.36 Å². The number of aromatic nitrogens is 4. The van der Waals surface area contributed by atoms with Gasteiger partial charge in [0.05, 0.1) is 16.7 Å². The second kappa shape index (κ2) is 7.48. The van der Waals surface area contributed by atoms with E-state index in [2.05, 4.69) is 31.1 Å². The monoisotopic (exact) mass is 408 g/mol. The number of rotatable bonds is 6. The Hall–Kier alpha value is -1.67. The van der Waals surface area contributed by atoms with Crippen LogP contribution in [0.2, 0.25) is 0 Å². The number of fused-ring (bicyclic) bond motifs is 1. The minimum atomic E-state index is -0.0228. The van der Waals surface area contributed by atoms with E-state index in [1.165, 1.54) is 11.8 Å². The zero-order chi connectivity index (χ0) is 17.1. The lowest BCUT2D eigenvalue weighted by molar-refractivity contribution is 0.385. The molecule has 2 aromatic heterocycles. The van der Waals surface area contributed by atoms with Crippen molar-refractivity contribution in [2.75, 3.05) is 0 Å². The summed E-state index contributed by atoms with van der Waals surface area (Å²) in [7, 11) is 0. The molecule has 1 aromatic carbocycles. The third-order valence-corrected chi connectivity index (χ3v) is 4.93. The highest BCUT2D eigenvalue weighted by Gasteiger charge is 2.13. The molecule has 3 aromatic rings. The summed E-state index contributed by atoms with van der Waals surface area (Å²) in [5.74, 6) is 1.73. The minimum Gasteiger partial charge on any atom is -0.338 e. The van der Waals surface area contributed by atoms with Crippen LogP contribution in [0.15, 0.2) is 37.1 Å². The minimum absolute atomic E-state index is 0.0228. The Morgan fingerprint density at radius 1 is 1.29 bits per heavy atom. The molecule has 8 heteroatoms. The molecule has 0 aliphatic heterocycles. The fourth-order valence-corrected chi connectivity index (χ4v) is 3.55. The number of thioether (sulfide) groups is 1. The first kappa shape index (κ1) is 17.2. The second-order valence-corrected chi connectivity index (χ2v) is 7.12. The van der Waals surface area contributed by atoms with E-state index in [1.807, 2.05) is 32.0 Å². The number of halogens is 1. The highest BCUT2D eigenvalue weighted by Crippen LogP contribution is 2.23. The van der Waals surface area contributed by atoms with E-state index in [1.54, 1.807) is 4.57 Å². The molecule has 0 unspecified atom stereocenters. The molecular formula is C16H17BrN4O2S. The first-order chi connectivity index (χ1) is 11.6. The largest absolute Gasteiger partial charge is 0.338 e. The first-order valence-electron chi connectivity index (χ1n) is 7.76. The molecule has 0 saturated heterocycles. The van der Waals surface area contributed by atoms with Gasteiger partial charge in [-0.2, -0.15) is 4.98 Å². The second-order valence-electron chi connectivity index (χ2n) is 5.26. The summed E-state index contributed by atoms with van der Waals surface area (Å²) in [4.78, 5) is 21.7. The predicted molar refractivity (Wildman–Crippen MR) is 97.2 cm³/mol. The summed E-state index contributed by atoms with van der Waals surface area (Å²) in [6.07, 6.45) is 1.59. The number of hydrogen-bond donors (Lipinski definition) is 0. The van der Waals surface area contributed by atoms with Crippen LogP contribution in [0, 0.1) is 0 Å². The summed E-state index contributed by atoms with van der Waals surface area (Å²) in [5.41, 5.74) is 0.670. The maximum Gasteiger partial charge on any atom is 0.262 e. The number of nitrogens with zero attached hydrogens (tertiary/aromatic N) is 4. The van der Waals surface area contributed by atoms with E-state index in [0.717, 1.165) is 17.3 Å². The first-order valence-corrected chi connectivity index (χ1v) is 9.54. The van der Waals surface area contributed by atoms with Crippen molar-refractivity contribution in [1.82, 2.24) is 19.7 Å². The van der Waals surface area contributed by atoms with Gasteiger partial charge >= 0.3 is 0 Å². The van der Waals surface area contributed by atoms with Gasteiger partial charge in [0.25, 0.3) is 5.56 Å². The molecule has 3 rings (SSSR count). The quantitative estimate of drug-likeness (QED) is 0.455. The molecule has 6 nitrogen and oxygen atoms in total. The van der Waals surface area contributed by atoms with Crippen molar-refractivity contribution in [2.24, 2.45) is 0 Å². The molecule has 0 N–H and O–H groups in total. The molecule has 0 aliphatic rings. The van der Waals surface area contributed by atoms with Crippen LogP contribution in [0.5, 0.6) is 0 Å². The van der Waals surface area contributed by atoms with Crippen molar-refractivity contribution < 1.29 is 4.52 Å². The Morgan fingerprint density at radius 3 is 2.83 bits per heavy atom. The van der Waals surface area contributed by atoms with Crippen LogP contribution in [0.3, 0.4) is 0 Å². The molecule has 0 atom stereocenters. The molecular weight excluding hydrogens is 392 g/mol. The fraction of sp³-hybridized carbons (Fsp3) is 0.375. The number of benzene rings is 1. The summed E-state index contributed by atoms with van der Waals surface area (Å²) < 4.78 is 7.80. The lowest BCUT2D eigenvalue weighted by atomic mass is 10.2. The summed E-state index contributed by atoms with van der Waals surface area (Å²) in [6.45, 7) is 4.64. The van der Waals surface area contributed by atoms with Crippen molar-refractivity contribution in [3.8, 4) is 0 Å². The zero-order valence-electron chi connectivity index (χ0n) is 13.5.